The second-order valence-corrected chi connectivity index (χ2v) is 6.85. The van der Waals surface area contributed by atoms with Crippen molar-refractivity contribution in [1.82, 2.24) is 10.6 Å². The molecule has 1 aromatic rings. The maximum Gasteiger partial charge on any atom is 0.408 e. The Morgan fingerprint density at radius 1 is 1.50 bits per heavy atom. The number of carbonyl (C=O) groups excluding carboxylic acids is 2. The van der Waals surface area contributed by atoms with Crippen LogP contribution in [0, 0.1) is 0 Å². The van der Waals surface area contributed by atoms with Crippen LogP contribution in [0.2, 0.25) is 0 Å². The fraction of sp³-hybridized carbons (Fsp3) is 0.500. The van der Waals surface area contributed by atoms with E-state index in [4.69, 9.17) is 9.94 Å². The standard InChI is InChI=1S/C14H19N3O4S/c1-14(2,3)21-13(19)15-7-11(18)16-9-6-10(17-20)12-8(9)4-5-22-12/h4-5,9,20H,6-7H2,1-3H3,(H,15,19)(H,16,18)/b17-10+. The number of carbonyl (C=O) groups is 2. The van der Waals surface area contributed by atoms with Crippen LogP contribution in [0.15, 0.2) is 16.6 Å². The van der Waals surface area contributed by atoms with E-state index in [1.807, 2.05) is 11.4 Å². The minimum absolute atomic E-state index is 0.170. The van der Waals surface area contributed by atoms with E-state index in [1.54, 1.807) is 20.8 Å². The van der Waals surface area contributed by atoms with Gasteiger partial charge in [-0.1, -0.05) is 5.16 Å². The number of amides is 2. The predicted octanol–water partition coefficient (Wildman–Crippen LogP) is 2.01. The van der Waals surface area contributed by atoms with E-state index in [1.165, 1.54) is 11.3 Å². The molecule has 2 amide bonds. The van der Waals surface area contributed by atoms with Gasteiger partial charge in [0.15, 0.2) is 0 Å². The molecule has 22 heavy (non-hydrogen) atoms. The molecule has 2 rings (SSSR count). The molecule has 1 atom stereocenters. The topological polar surface area (TPSA) is 100 Å². The van der Waals surface area contributed by atoms with Gasteiger partial charge in [-0.25, -0.2) is 4.79 Å². The van der Waals surface area contributed by atoms with Crippen molar-refractivity contribution in [1.29, 1.82) is 0 Å². The Morgan fingerprint density at radius 3 is 2.86 bits per heavy atom. The van der Waals surface area contributed by atoms with E-state index in [2.05, 4.69) is 15.8 Å². The summed E-state index contributed by atoms with van der Waals surface area (Å²) in [5.41, 5.74) is 0.892. The normalized spacial score (nSPS) is 18.9. The van der Waals surface area contributed by atoms with Gasteiger partial charge in [-0.15, -0.1) is 11.3 Å². The van der Waals surface area contributed by atoms with Crippen LogP contribution in [0.3, 0.4) is 0 Å². The molecule has 3 N–H and O–H groups in total. The zero-order chi connectivity index (χ0) is 16.3. The number of fused-ring (bicyclic) bond motifs is 1. The van der Waals surface area contributed by atoms with Crippen molar-refractivity contribution < 1.29 is 19.5 Å². The Hall–Kier alpha value is -2.09. The SMILES string of the molecule is CC(C)(C)OC(=O)NCC(=O)NC1C/C(=N\O)c2sccc21. The van der Waals surface area contributed by atoms with E-state index in [9.17, 15) is 9.59 Å². The van der Waals surface area contributed by atoms with Crippen molar-refractivity contribution in [3.8, 4) is 0 Å². The summed E-state index contributed by atoms with van der Waals surface area (Å²) in [6.45, 7) is 5.08. The van der Waals surface area contributed by atoms with Crippen molar-refractivity contribution >= 4 is 29.0 Å². The summed E-state index contributed by atoms with van der Waals surface area (Å²) in [4.78, 5) is 24.3. The molecule has 0 radical (unpaired) electrons. The number of oxime groups is 1. The molecule has 0 saturated carbocycles. The molecule has 1 aromatic heterocycles. The van der Waals surface area contributed by atoms with Gasteiger partial charge in [-0.3, -0.25) is 4.79 Å². The van der Waals surface area contributed by atoms with Gasteiger partial charge in [-0.2, -0.15) is 0 Å². The second kappa shape index (κ2) is 6.35. The molecule has 7 nitrogen and oxygen atoms in total. The third kappa shape index (κ3) is 3.97. The van der Waals surface area contributed by atoms with Crippen molar-refractivity contribution in [2.75, 3.05) is 6.54 Å². The minimum atomic E-state index is -0.636. The molecule has 0 spiro atoms. The Bertz CT molecular complexity index is 603. The number of rotatable bonds is 3. The lowest BCUT2D eigenvalue weighted by molar-refractivity contribution is -0.121. The van der Waals surface area contributed by atoms with Crippen molar-refractivity contribution in [3.63, 3.8) is 0 Å². The summed E-state index contributed by atoms with van der Waals surface area (Å²) in [7, 11) is 0. The predicted molar refractivity (Wildman–Crippen MR) is 82.4 cm³/mol. The van der Waals surface area contributed by atoms with Gasteiger partial charge in [-0.05, 0) is 37.8 Å². The number of nitrogens with zero attached hydrogens (tertiary/aromatic N) is 1. The first-order valence-corrected chi connectivity index (χ1v) is 7.73. The van der Waals surface area contributed by atoms with Gasteiger partial charge in [0.1, 0.15) is 12.1 Å². The Kier molecular flexibility index (Phi) is 4.70. The largest absolute Gasteiger partial charge is 0.444 e. The molecule has 0 aromatic carbocycles. The van der Waals surface area contributed by atoms with Crippen LogP contribution in [-0.2, 0) is 9.53 Å². The molecule has 1 heterocycles. The Labute approximate surface area is 132 Å². The number of ether oxygens (including phenoxy) is 1. The highest BCUT2D eigenvalue weighted by Crippen LogP contribution is 2.35. The average molecular weight is 325 g/mol. The zero-order valence-corrected chi connectivity index (χ0v) is 13.5. The van der Waals surface area contributed by atoms with Gasteiger partial charge < -0.3 is 20.6 Å². The lowest BCUT2D eigenvalue weighted by atomic mass is 10.2. The molecule has 0 fully saturated rings. The average Bonchev–Trinajstić information content (AvgIpc) is 2.98. The summed E-state index contributed by atoms with van der Waals surface area (Å²) in [5, 5.41) is 19.3. The second-order valence-electron chi connectivity index (χ2n) is 5.93. The first-order valence-electron chi connectivity index (χ1n) is 6.85. The molecule has 0 aliphatic heterocycles. The fourth-order valence-corrected chi connectivity index (χ4v) is 3.11. The highest BCUT2D eigenvalue weighted by Gasteiger charge is 2.30. The summed E-state index contributed by atoms with van der Waals surface area (Å²) >= 11 is 1.47. The minimum Gasteiger partial charge on any atom is -0.444 e. The van der Waals surface area contributed by atoms with E-state index in [0.29, 0.717) is 12.1 Å². The Morgan fingerprint density at radius 2 is 2.23 bits per heavy atom. The summed E-state index contributed by atoms with van der Waals surface area (Å²) in [6.07, 6.45) is -0.195. The van der Waals surface area contributed by atoms with E-state index < -0.39 is 11.7 Å². The summed E-state index contributed by atoms with van der Waals surface area (Å²) in [6, 6.07) is 1.66. The van der Waals surface area contributed by atoms with Crippen LogP contribution in [0.25, 0.3) is 0 Å². The highest BCUT2D eigenvalue weighted by atomic mass is 32.1. The van der Waals surface area contributed by atoms with Gasteiger partial charge in [0.2, 0.25) is 5.91 Å². The molecule has 120 valence electrons. The Balaban J connectivity index is 1.85. The first kappa shape index (κ1) is 16.3. The molecular weight excluding hydrogens is 306 g/mol. The molecule has 0 saturated heterocycles. The van der Waals surface area contributed by atoms with Crippen molar-refractivity contribution in [2.24, 2.45) is 5.16 Å². The number of hydrogen-bond acceptors (Lipinski definition) is 6. The van der Waals surface area contributed by atoms with E-state index in [0.717, 1.165) is 10.4 Å². The molecule has 1 aliphatic carbocycles. The van der Waals surface area contributed by atoms with Crippen LogP contribution in [0.1, 0.15) is 43.7 Å². The van der Waals surface area contributed by atoms with Crippen molar-refractivity contribution in [3.05, 3.63) is 21.9 Å². The smallest absolute Gasteiger partial charge is 0.408 e. The zero-order valence-electron chi connectivity index (χ0n) is 12.7. The van der Waals surface area contributed by atoms with Crippen LogP contribution in [-0.4, -0.2) is 35.1 Å². The van der Waals surface area contributed by atoms with Crippen LogP contribution in [0.4, 0.5) is 4.79 Å². The maximum atomic E-state index is 11.9. The lowest BCUT2D eigenvalue weighted by Gasteiger charge is -2.20. The third-order valence-corrected chi connectivity index (χ3v) is 3.96. The number of nitrogens with one attached hydrogen (secondary N) is 2. The third-order valence-electron chi connectivity index (χ3n) is 2.98. The quantitative estimate of drug-likeness (QED) is 0.584. The van der Waals surface area contributed by atoms with Gasteiger partial charge in [0.25, 0.3) is 0 Å². The van der Waals surface area contributed by atoms with Gasteiger partial charge in [0.05, 0.1) is 16.6 Å². The number of alkyl carbamates (subject to hydrolysis) is 1. The molecule has 1 aliphatic rings. The molecule has 8 heteroatoms. The van der Waals surface area contributed by atoms with Crippen LogP contribution in [0.5, 0.6) is 0 Å². The van der Waals surface area contributed by atoms with Crippen LogP contribution >= 0.6 is 11.3 Å². The highest BCUT2D eigenvalue weighted by molar-refractivity contribution is 7.12. The number of hydrogen-bond donors (Lipinski definition) is 3. The first-order chi connectivity index (χ1) is 10.3. The van der Waals surface area contributed by atoms with E-state index >= 15 is 0 Å². The maximum absolute atomic E-state index is 11.9. The monoisotopic (exact) mass is 325 g/mol. The number of thiophene rings is 1. The van der Waals surface area contributed by atoms with Crippen molar-refractivity contribution in [2.45, 2.75) is 38.8 Å². The summed E-state index contributed by atoms with van der Waals surface area (Å²) in [5.74, 6) is -0.327. The molecule has 0 bridgehead atoms. The van der Waals surface area contributed by atoms with Gasteiger partial charge >= 0.3 is 6.09 Å². The molecular formula is C14H19N3O4S. The molecule has 1 unspecified atom stereocenters. The van der Waals surface area contributed by atoms with Gasteiger partial charge in [0, 0.05) is 6.42 Å². The van der Waals surface area contributed by atoms with E-state index in [-0.39, 0.29) is 18.5 Å². The summed E-state index contributed by atoms with van der Waals surface area (Å²) < 4.78 is 5.06. The lowest BCUT2D eigenvalue weighted by Crippen LogP contribution is -2.40. The van der Waals surface area contributed by atoms with Crippen LogP contribution < -0.4 is 10.6 Å². The fourth-order valence-electron chi connectivity index (χ4n) is 2.15.